The summed E-state index contributed by atoms with van der Waals surface area (Å²) in [4.78, 5) is 7.64. The molecular formula is C12H18F3N5. The largest absolute Gasteiger partial charge is 0.401 e. The molecular weight excluding hydrogens is 271 g/mol. The number of nitrogens with zero attached hydrogens (tertiary/aromatic N) is 3. The van der Waals surface area contributed by atoms with Crippen molar-refractivity contribution in [3.8, 4) is 0 Å². The number of nitrogen functional groups attached to an aromatic ring is 1. The quantitative estimate of drug-likeness (QED) is 0.641. The first-order valence-electron chi connectivity index (χ1n) is 6.40. The minimum absolute atomic E-state index is 0.422. The zero-order chi connectivity index (χ0) is 14.6. The number of alkyl halides is 3. The molecule has 2 heterocycles. The highest BCUT2D eigenvalue weighted by atomic mass is 19.4. The van der Waals surface area contributed by atoms with Gasteiger partial charge in [0.1, 0.15) is 5.82 Å². The summed E-state index contributed by atoms with van der Waals surface area (Å²) in [5.74, 6) is 5.99. The Morgan fingerprint density at radius 2 is 1.85 bits per heavy atom. The van der Waals surface area contributed by atoms with Gasteiger partial charge in [-0.2, -0.15) is 13.2 Å². The lowest BCUT2D eigenvalue weighted by Gasteiger charge is -2.35. The van der Waals surface area contributed by atoms with Crippen LogP contribution in [0.4, 0.5) is 19.0 Å². The van der Waals surface area contributed by atoms with E-state index in [9.17, 15) is 13.2 Å². The van der Waals surface area contributed by atoms with Gasteiger partial charge in [-0.15, -0.1) is 0 Å². The Kier molecular flexibility index (Phi) is 4.79. The third-order valence-electron chi connectivity index (χ3n) is 3.29. The second-order valence-electron chi connectivity index (χ2n) is 4.82. The minimum Gasteiger partial charge on any atom is -0.308 e. The lowest BCUT2D eigenvalue weighted by molar-refractivity contribution is -0.149. The van der Waals surface area contributed by atoms with Gasteiger partial charge in [0, 0.05) is 44.5 Å². The zero-order valence-electron chi connectivity index (χ0n) is 11.0. The molecule has 1 aromatic heterocycles. The van der Waals surface area contributed by atoms with Crippen LogP contribution in [0, 0.1) is 0 Å². The van der Waals surface area contributed by atoms with E-state index < -0.39 is 12.7 Å². The Morgan fingerprint density at radius 3 is 2.45 bits per heavy atom. The number of nitrogens with one attached hydrogen (secondary N) is 1. The molecule has 3 N–H and O–H groups in total. The van der Waals surface area contributed by atoms with Crippen LogP contribution in [0.1, 0.15) is 5.56 Å². The van der Waals surface area contributed by atoms with Gasteiger partial charge in [-0.25, -0.2) is 10.8 Å². The Labute approximate surface area is 115 Å². The van der Waals surface area contributed by atoms with Crippen LogP contribution in [0.3, 0.4) is 0 Å². The molecule has 20 heavy (non-hydrogen) atoms. The molecule has 1 aliphatic rings. The third-order valence-corrected chi connectivity index (χ3v) is 3.29. The van der Waals surface area contributed by atoms with Crippen molar-refractivity contribution in [1.82, 2.24) is 14.8 Å². The van der Waals surface area contributed by atoms with Crippen molar-refractivity contribution in [3.05, 3.63) is 23.9 Å². The molecule has 1 fully saturated rings. The molecule has 0 amide bonds. The van der Waals surface area contributed by atoms with Crippen LogP contribution < -0.4 is 11.3 Å². The highest BCUT2D eigenvalue weighted by Gasteiger charge is 2.32. The summed E-state index contributed by atoms with van der Waals surface area (Å²) >= 11 is 0. The lowest BCUT2D eigenvalue weighted by Crippen LogP contribution is -2.48. The van der Waals surface area contributed by atoms with Crippen LogP contribution in [0.25, 0.3) is 0 Å². The van der Waals surface area contributed by atoms with Crippen molar-refractivity contribution < 1.29 is 13.2 Å². The normalized spacial score (nSPS) is 18.2. The molecule has 0 aromatic carbocycles. The van der Waals surface area contributed by atoms with Crippen LogP contribution in [-0.4, -0.2) is 53.7 Å². The Bertz CT molecular complexity index is 429. The Hall–Kier alpha value is -1.38. The maximum atomic E-state index is 12.3. The van der Waals surface area contributed by atoms with E-state index >= 15 is 0 Å². The number of hydrogen-bond acceptors (Lipinski definition) is 5. The molecule has 0 saturated carbocycles. The van der Waals surface area contributed by atoms with Gasteiger partial charge in [0.15, 0.2) is 0 Å². The molecule has 1 aromatic rings. The molecule has 1 aliphatic heterocycles. The van der Waals surface area contributed by atoms with E-state index in [1.54, 1.807) is 6.20 Å². The molecule has 1 saturated heterocycles. The predicted octanol–water partition coefficient (Wildman–Crippen LogP) is 1.05. The fraction of sp³-hybridized carbons (Fsp3) is 0.583. The molecule has 2 rings (SSSR count). The second kappa shape index (κ2) is 6.38. The topological polar surface area (TPSA) is 57.4 Å². The molecule has 0 unspecified atom stereocenters. The fourth-order valence-electron chi connectivity index (χ4n) is 2.30. The maximum absolute atomic E-state index is 12.3. The second-order valence-corrected chi connectivity index (χ2v) is 4.82. The monoisotopic (exact) mass is 289 g/mol. The van der Waals surface area contributed by atoms with Gasteiger partial charge in [-0.3, -0.25) is 9.80 Å². The number of pyridine rings is 1. The summed E-state index contributed by atoms with van der Waals surface area (Å²) in [6.07, 6.45) is -2.48. The summed E-state index contributed by atoms with van der Waals surface area (Å²) < 4.78 is 36.9. The van der Waals surface area contributed by atoms with E-state index in [-0.39, 0.29) is 0 Å². The van der Waals surface area contributed by atoms with Crippen LogP contribution in [0.5, 0.6) is 0 Å². The van der Waals surface area contributed by atoms with Crippen LogP contribution >= 0.6 is 0 Å². The number of anilines is 1. The van der Waals surface area contributed by atoms with Crippen LogP contribution in [0.15, 0.2) is 18.3 Å². The van der Waals surface area contributed by atoms with E-state index in [0.29, 0.717) is 38.5 Å². The van der Waals surface area contributed by atoms with Crippen molar-refractivity contribution in [2.24, 2.45) is 5.84 Å². The highest BCUT2D eigenvalue weighted by molar-refractivity contribution is 5.42. The number of nitrogens with two attached hydrogens (primary N) is 1. The summed E-state index contributed by atoms with van der Waals surface area (Å²) in [5.41, 5.74) is 3.47. The smallest absolute Gasteiger partial charge is 0.308 e. The van der Waals surface area contributed by atoms with E-state index in [2.05, 4.69) is 15.3 Å². The summed E-state index contributed by atoms with van der Waals surface area (Å²) in [7, 11) is 0. The van der Waals surface area contributed by atoms with E-state index in [1.165, 1.54) is 4.90 Å². The molecule has 5 nitrogen and oxygen atoms in total. The van der Waals surface area contributed by atoms with Gasteiger partial charge in [0.05, 0.1) is 6.54 Å². The SMILES string of the molecule is NNc1ncccc1CN1CCN(CC(F)(F)F)CC1. The third kappa shape index (κ3) is 4.32. The zero-order valence-corrected chi connectivity index (χ0v) is 11.0. The molecule has 0 bridgehead atoms. The average Bonchev–Trinajstić information content (AvgIpc) is 2.40. The average molecular weight is 289 g/mol. The van der Waals surface area contributed by atoms with E-state index in [0.717, 1.165) is 5.56 Å². The highest BCUT2D eigenvalue weighted by Crippen LogP contribution is 2.19. The van der Waals surface area contributed by atoms with Crippen LogP contribution in [-0.2, 0) is 6.54 Å². The lowest BCUT2D eigenvalue weighted by atomic mass is 10.2. The van der Waals surface area contributed by atoms with Crippen molar-refractivity contribution in [3.63, 3.8) is 0 Å². The molecule has 0 spiro atoms. The summed E-state index contributed by atoms with van der Waals surface area (Å²) in [6.45, 7) is 1.86. The standard InChI is InChI=1S/C12H18F3N5/c13-12(14,15)9-20-6-4-19(5-7-20)8-10-2-1-3-17-11(10)18-16/h1-3H,4-9,16H2,(H,17,18). The maximum Gasteiger partial charge on any atom is 0.401 e. The number of halogens is 3. The van der Waals surface area contributed by atoms with E-state index in [1.807, 2.05) is 12.1 Å². The van der Waals surface area contributed by atoms with Gasteiger partial charge >= 0.3 is 6.18 Å². The van der Waals surface area contributed by atoms with Gasteiger partial charge in [0.25, 0.3) is 0 Å². The van der Waals surface area contributed by atoms with Gasteiger partial charge in [-0.05, 0) is 6.07 Å². The molecule has 0 aliphatic carbocycles. The number of hydrazine groups is 1. The van der Waals surface area contributed by atoms with Gasteiger partial charge in [-0.1, -0.05) is 6.07 Å². The van der Waals surface area contributed by atoms with Gasteiger partial charge in [0.2, 0.25) is 0 Å². The number of rotatable bonds is 4. The van der Waals surface area contributed by atoms with Crippen molar-refractivity contribution in [2.75, 3.05) is 38.1 Å². The van der Waals surface area contributed by atoms with Gasteiger partial charge < -0.3 is 5.43 Å². The fourth-order valence-corrected chi connectivity index (χ4v) is 2.30. The number of aromatic nitrogens is 1. The first kappa shape index (κ1) is 15.0. The number of piperazine rings is 1. The number of hydrogen-bond donors (Lipinski definition) is 2. The first-order valence-corrected chi connectivity index (χ1v) is 6.40. The molecule has 0 radical (unpaired) electrons. The van der Waals surface area contributed by atoms with Crippen molar-refractivity contribution in [1.29, 1.82) is 0 Å². The first-order chi connectivity index (χ1) is 9.48. The molecule has 112 valence electrons. The predicted molar refractivity (Wildman–Crippen MR) is 69.8 cm³/mol. The van der Waals surface area contributed by atoms with E-state index in [4.69, 9.17) is 5.84 Å². The van der Waals surface area contributed by atoms with Crippen LogP contribution in [0.2, 0.25) is 0 Å². The Balaban J connectivity index is 1.85. The van der Waals surface area contributed by atoms with Crippen molar-refractivity contribution >= 4 is 5.82 Å². The minimum atomic E-state index is -4.12. The summed E-state index contributed by atoms with van der Waals surface area (Å²) in [5, 5.41) is 0. The summed E-state index contributed by atoms with van der Waals surface area (Å²) in [6, 6.07) is 3.72. The molecule has 0 atom stereocenters. The van der Waals surface area contributed by atoms with Crippen molar-refractivity contribution in [2.45, 2.75) is 12.7 Å². The Morgan fingerprint density at radius 1 is 1.20 bits per heavy atom. The molecule has 8 heteroatoms.